The SMILES string of the molecule is Cc1ccc(NC(=O)CCN2C(=S)N[C@H](c3ccccn3)[C@H]2c2cccn2-c2ccccc2C)cc1. The summed E-state index contributed by atoms with van der Waals surface area (Å²) >= 11 is 5.80. The van der Waals surface area contributed by atoms with E-state index in [4.69, 9.17) is 12.2 Å². The second-order valence-corrected chi connectivity index (χ2v) is 9.46. The molecule has 1 aliphatic rings. The van der Waals surface area contributed by atoms with Crippen LogP contribution < -0.4 is 10.6 Å². The number of carbonyl (C=O) groups is 1. The fourth-order valence-corrected chi connectivity index (χ4v) is 5.07. The van der Waals surface area contributed by atoms with Crippen LogP contribution in [0.4, 0.5) is 5.69 Å². The Kier molecular flexibility index (Phi) is 6.82. The van der Waals surface area contributed by atoms with Crippen molar-refractivity contribution in [1.29, 1.82) is 0 Å². The van der Waals surface area contributed by atoms with Gasteiger partial charge in [-0.25, -0.2) is 0 Å². The highest BCUT2D eigenvalue weighted by atomic mass is 32.1. The summed E-state index contributed by atoms with van der Waals surface area (Å²) in [5, 5.41) is 7.10. The Labute approximate surface area is 217 Å². The third-order valence-electron chi connectivity index (χ3n) is 6.57. The molecule has 0 bridgehead atoms. The molecule has 2 aromatic carbocycles. The molecule has 7 heteroatoms. The Balaban J connectivity index is 1.44. The van der Waals surface area contributed by atoms with Gasteiger partial charge >= 0.3 is 0 Å². The van der Waals surface area contributed by atoms with E-state index in [1.807, 2.05) is 61.5 Å². The van der Waals surface area contributed by atoms with Crippen molar-refractivity contribution in [2.45, 2.75) is 32.4 Å². The van der Waals surface area contributed by atoms with Crippen molar-refractivity contribution in [2.75, 3.05) is 11.9 Å². The first kappa shape index (κ1) is 23.8. The lowest BCUT2D eigenvalue weighted by Crippen LogP contribution is -2.33. The van der Waals surface area contributed by atoms with Crippen molar-refractivity contribution in [3.05, 3.63) is 114 Å². The van der Waals surface area contributed by atoms with Crippen LogP contribution in [-0.2, 0) is 4.79 Å². The molecule has 4 aromatic rings. The molecule has 1 fully saturated rings. The number of nitrogens with zero attached hydrogens (tertiary/aromatic N) is 3. The van der Waals surface area contributed by atoms with E-state index in [1.165, 1.54) is 5.56 Å². The second kappa shape index (κ2) is 10.3. The zero-order valence-electron chi connectivity index (χ0n) is 20.4. The molecule has 1 amide bonds. The van der Waals surface area contributed by atoms with Gasteiger partial charge in [-0.15, -0.1) is 0 Å². The van der Waals surface area contributed by atoms with Crippen LogP contribution in [0.25, 0.3) is 5.69 Å². The first-order chi connectivity index (χ1) is 17.5. The number of aromatic nitrogens is 2. The van der Waals surface area contributed by atoms with Crippen molar-refractivity contribution in [2.24, 2.45) is 0 Å². The number of carbonyl (C=O) groups excluding carboxylic acids is 1. The molecule has 2 atom stereocenters. The number of aryl methyl sites for hydroxylation is 2. The number of thiocarbonyl (C=S) groups is 1. The maximum atomic E-state index is 12.8. The average molecular weight is 496 g/mol. The Morgan fingerprint density at radius 2 is 1.78 bits per heavy atom. The fourth-order valence-electron chi connectivity index (χ4n) is 4.74. The fraction of sp³-hybridized carbons (Fsp3) is 0.207. The van der Waals surface area contributed by atoms with Crippen LogP contribution in [0.1, 0.15) is 41.0 Å². The molecular weight excluding hydrogens is 466 g/mol. The van der Waals surface area contributed by atoms with E-state index in [-0.39, 0.29) is 18.0 Å². The Morgan fingerprint density at radius 3 is 2.53 bits per heavy atom. The average Bonchev–Trinajstić information content (AvgIpc) is 3.49. The number of para-hydroxylation sites is 1. The Bertz CT molecular complexity index is 1370. The van der Waals surface area contributed by atoms with Gasteiger partial charge in [0.15, 0.2) is 5.11 Å². The minimum Gasteiger partial charge on any atom is -0.352 e. The van der Waals surface area contributed by atoms with Crippen LogP contribution >= 0.6 is 12.2 Å². The van der Waals surface area contributed by atoms with Gasteiger partial charge in [-0.2, -0.15) is 0 Å². The van der Waals surface area contributed by atoms with Gasteiger partial charge in [0.25, 0.3) is 0 Å². The lowest BCUT2D eigenvalue weighted by molar-refractivity contribution is -0.116. The molecule has 2 N–H and O–H groups in total. The molecule has 0 aliphatic carbocycles. The highest BCUT2D eigenvalue weighted by Gasteiger charge is 2.41. The monoisotopic (exact) mass is 495 g/mol. The zero-order chi connectivity index (χ0) is 25.1. The molecule has 0 saturated carbocycles. The minimum atomic E-state index is -0.142. The molecule has 0 spiro atoms. The van der Waals surface area contributed by atoms with Crippen molar-refractivity contribution in [1.82, 2.24) is 19.8 Å². The summed E-state index contributed by atoms with van der Waals surface area (Å²) in [7, 11) is 0. The van der Waals surface area contributed by atoms with E-state index in [1.54, 1.807) is 6.20 Å². The van der Waals surface area contributed by atoms with E-state index in [0.717, 1.165) is 28.3 Å². The molecular formula is C29H29N5OS. The number of rotatable bonds is 7. The smallest absolute Gasteiger partial charge is 0.226 e. The van der Waals surface area contributed by atoms with E-state index in [0.29, 0.717) is 18.1 Å². The number of benzene rings is 2. The van der Waals surface area contributed by atoms with Crippen LogP contribution in [-0.4, -0.2) is 32.0 Å². The number of anilines is 1. The first-order valence-electron chi connectivity index (χ1n) is 12.1. The highest BCUT2D eigenvalue weighted by molar-refractivity contribution is 7.80. The summed E-state index contributed by atoms with van der Waals surface area (Å²) < 4.78 is 2.21. The van der Waals surface area contributed by atoms with Crippen LogP contribution in [0.15, 0.2) is 91.3 Å². The lowest BCUT2D eigenvalue weighted by atomic mass is 10.0. The Morgan fingerprint density at radius 1 is 1.00 bits per heavy atom. The molecule has 1 aliphatic heterocycles. The summed E-state index contributed by atoms with van der Waals surface area (Å²) in [6.45, 7) is 4.62. The van der Waals surface area contributed by atoms with E-state index >= 15 is 0 Å². The summed E-state index contributed by atoms with van der Waals surface area (Å²) in [4.78, 5) is 19.6. The van der Waals surface area contributed by atoms with Crippen LogP contribution in [0, 0.1) is 13.8 Å². The number of hydrogen-bond donors (Lipinski definition) is 2. The van der Waals surface area contributed by atoms with E-state index < -0.39 is 0 Å². The summed E-state index contributed by atoms with van der Waals surface area (Å²) in [6.07, 6.45) is 4.19. The molecule has 6 nitrogen and oxygen atoms in total. The quantitative estimate of drug-likeness (QED) is 0.332. The van der Waals surface area contributed by atoms with Gasteiger partial charge in [0.2, 0.25) is 5.91 Å². The zero-order valence-corrected chi connectivity index (χ0v) is 21.2. The molecule has 0 unspecified atom stereocenters. The van der Waals surface area contributed by atoms with Crippen molar-refractivity contribution >= 4 is 28.9 Å². The van der Waals surface area contributed by atoms with E-state index in [2.05, 4.69) is 62.5 Å². The molecule has 182 valence electrons. The lowest BCUT2D eigenvalue weighted by Gasteiger charge is -2.29. The van der Waals surface area contributed by atoms with Gasteiger partial charge in [-0.05, 0) is 74.1 Å². The van der Waals surface area contributed by atoms with Crippen molar-refractivity contribution in [3.8, 4) is 5.69 Å². The minimum absolute atomic E-state index is 0.0454. The number of nitrogens with one attached hydrogen (secondary N) is 2. The molecule has 3 heterocycles. The van der Waals surface area contributed by atoms with Crippen LogP contribution in [0.5, 0.6) is 0 Å². The molecule has 5 rings (SSSR count). The molecule has 1 saturated heterocycles. The maximum absolute atomic E-state index is 12.8. The molecule has 0 radical (unpaired) electrons. The Hall–Kier alpha value is -3.97. The standard InChI is InChI=1S/C29H29N5OS/c1-20-12-14-22(15-13-20)31-26(35)16-19-34-28(27(32-29(34)36)23-9-5-6-17-30-23)25-11-7-18-33(25)24-10-4-3-8-21(24)2/h3-15,17-18,27-28H,16,19H2,1-2H3,(H,31,35)(H,32,36)/t27-,28-/m1/s1. The molecule has 36 heavy (non-hydrogen) atoms. The number of hydrogen-bond acceptors (Lipinski definition) is 3. The van der Waals surface area contributed by atoms with Gasteiger partial charge in [0.1, 0.15) is 0 Å². The largest absolute Gasteiger partial charge is 0.352 e. The van der Waals surface area contributed by atoms with Gasteiger partial charge in [-0.1, -0.05) is 42.0 Å². The van der Waals surface area contributed by atoms with Gasteiger partial charge in [-0.3, -0.25) is 9.78 Å². The van der Waals surface area contributed by atoms with E-state index in [9.17, 15) is 4.79 Å². The second-order valence-electron chi connectivity index (χ2n) is 9.07. The third-order valence-corrected chi connectivity index (χ3v) is 6.92. The topological polar surface area (TPSA) is 62.2 Å². The van der Waals surface area contributed by atoms with Crippen LogP contribution in [0.2, 0.25) is 0 Å². The normalized spacial score (nSPS) is 17.2. The summed E-state index contributed by atoms with van der Waals surface area (Å²) in [5.41, 5.74) is 6.25. The predicted molar refractivity (Wildman–Crippen MR) is 147 cm³/mol. The predicted octanol–water partition coefficient (Wildman–Crippen LogP) is 5.49. The third kappa shape index (κ3) is 4.88. The summed E-state index contributed by atoms with van der Waals surface area (Å²) in [5.74, 6) is -0.0454. The van der Waals surface area contributed by atoms with Crippen molar-refractivity contribution < 1.29 is 4.79 Å². The number of amides is 1. The van der Waals surface area contributed by atoms with Gasteiger partial charge in [0.05, 0.1) is 17.8 Å². The molecule has 2 aromatic heterocycles. The van der Waals surface area contributed by atoms with Gasteiger partial charge in [0, 0.05) is 42.4 Å². The number of pyridine rings is 1. The summed E-state index contributed by atoms with van der Waals surface area (Å²) in [6, 6.07) is 26.0. The van der Waals surface area contributed by atoms with Gasteiger partial charge < -0.3 is 20.1 Å². The maximum Gasteiger partial charge on any atom is 0.226 e. The highest BCUT2D eigenvalue weighted by Crippen LogP contribution is 2.39. The van der Waals surface area contributed by atoms with Crippen LogP contribution in [0.3, 0.4) is 0 Å². The first-order valence-corrected chi connectivity index (χ1v) is 12.5. The van der Waals surface area contributed by atoms with Crippen molar-refractivity contribution in [3.63, 3.8) is 0 Å².